The van der Waals surface area contributed by atoms with E-state index in [1.807, 2.05) is 0 Å². The van der Waals surface area contributed by atoms with Gasteiger partial charge in [0.2, 0.25) is 0 Å². The molecule has 0 atom stereocenters. The summed E-state index contributed by atoms with van der Waals surface area (Å²) in [7, 11) is 0. The summed E-state index contributed by atoms with van der Waals surface area (Å²) in [6, 6.07) is 4.82. The van der Waals surface area contributed by atoms with Gasteiger partial charge >= 0.3 is 0 Å². The number of hydrogen-bond donors (Lipinski definition) is 0. The van der Waals surface area contributed by atoms with E-state index in [4.69, 9.17) is 0 Å². The molecule has 0 heterocycles. The van der Waals surface area contributed by atoms with Crippen LogP contribution in [0.25, 0.3) is 12.2 Å². The van der Waals surface area contributed by atoms with E-state index >= 15 is 0 Å². The van der Waals surface area contributed by atoms with Crippen molar-refractivity contribution in [2.45, 2.75) is 39.5 Å². The monoisotopic (exact) mass is 224 g/mol. The van der Waals surface area contributed by atoms with E-state index in [-0.39, 0.29) is 5.41 Å². The standard InChI is InChI=1S/C17H20/c1-17(2)9-7-15-11-13-5-3-4-6-14(13)12-16(15)8-10-17/h7-12H,3-6H2,1-2H3. The summed E-state index contributed by atoms with van der Waals surface area (Å²) in [6.45, 7) is 4.51. The topological polar surface area (TPSA) is 0 Å². The Labute approximate surface area is 104 Å². The minimum atomic E-state index is 0.180. The third kappa shape index (κ3) is 2.09. The predicted octanol–water partition coefficient (Wildman–Crippen LogP) is 4.63. The SMILES string of the molecule is CC1(C)C=Cc2cc3c(cc2C=C1)CCCC3. The lowest BCUT2D eigenvalue weighted by Crippen LogP contribution is -2.03. The minimum absolute atomic E-state index is 0.180. The zero-order valence-electron chi connectivity index (χ0n) is 10.8. The van der Waals surface area contributed by atoms with Crippen LogP contribution in [0.3, 0.4) is 0 Å². The maximum Gasteiger partial charge on any atom is 0.00111 e. The van der Waals surface area contributed by atoms with Crippen LogP contribution in [0.2, 0.25) is 0 Å². The molecule has 17 heavy (non-hydrogen) atoms. The molecular weight excluding hydrogens is 204 g/mol. The second-order valence-corrected chi connectivity index (χ2v) is 5.94. The first kappa shape index (κ1) is 10.8. The van der Waals surface area contributed by atoms with Gasteiger partial charge < -0.3 is 0 Å². The van der Waals surface area contributed by atoms with Crippen LogP contribution in [-0.4, -0.2) is 0 Å². The average molecular weight is 224 g/mol. The Hall–Kier alpha value is -1.30. The molecule has 0 amide bonds. The van der Waals surface area contributed by atoms with Gasteiger partial charge in [-0.15, -0.1) is 0 Å². The number of aryl methyl sites for hydroxylation is 2. The molecule has 88 valence electrons. The maximum atomic E-state index is 2.41. The quantitative estimate of drug-likeness (QED) is 0.602. The molecule has 0 aliphatic heterocycles. The Balaban J connectivity index is 2.11. The lowest BCUT2D eigenvalue weighted by atomic mass is 9.88. The normalized spacial score (nSPS) is 20.6. The first-order valence-corrected chi connectivity index (χ1v) is 6.68. The van der Waals surface area contributed by atoms with Crippen molar-refractivity contribution in [2.75, 3.05) is 0 Å². The number of benzene rings is 1. The van der Waals surface area contributed by atoms with Crippen LogP contribution >= 0.6 is 0 Å². The first-order chi connectivity index (χ1) is 8.14. The van der Waals surface area contributed by atoms with Crippen molar-refractivity contribution < 1.29 is 0 Å². The van der Waals surface area contributed by atoms with Gasteiger partial charge in [0.25, 0.3) is 0 Å². The molecule has 0 fully saturated rings. The van der Waals surface area contributed by atoms with Gasteiger partial charge in [-0.05, 0) is 47.9 Å². The molecule has 0 N–H and O–H groups in total. The van der Waals surface area contributed by atoms with E-state index in [0.29, 0.717) is 0 Å². The molecule has 0 unspecified atom stereocenters. The molecule has 0 nitrogen and oxygen atoms in total. The van der Waals surface area contributed by atoms with E-state index in [0.717, 1.165) is 0 Å². The molecule has 0 heteroatoms. The van der Waals surface area contributed by atoms with Gasteiger partial charge in [-0.1, -0.05) is 50.3 Å². The van der Waals surface area contributed by atoms with Crippen LogP contribution < -0.4 is 0 Å². The molecule has 0 radical (unpaired) electrons. The van der Waals surface area contributed by atoms with E-state index in [1.54, 1.807) is 11.1 Å². The Kier molecular flexibility index (Phi) is 2.47. The highest BCUT2D eigenvalue weighted by Gasteiger charge is 2.15. The van der Waals surface area contributed by atoms with Gasteiger partial charge in [-0.25, -0.2) is 0 Å². The summed E-state index contributed by atoms with van der Waals surface area (Å²) >= 11 is 0. The fourth-order valence-electron chi connectivity index (χ4n) is 2.78. The zero-order valence-corrected chi connectivity index (χ0v) is 10.8. The van der Waals surface area contributed by atoms with E-state index in [1.165, 1.54) is 36.8 Å². The summed E-state index contributed by atoms with van der Waals surface area (Å²) in [5.74, 6) is 0. The van der Waals surface area contributed by atoms with Crippen molar-refractivity contribution >= 4 is 12.2 Å². The van der Waals surface area contributed by atoms with Crippen LogP contribution in [0, 0.1) is 5.41 Å². The lowest BCUT2D eigenvalue weighted by Gasteiger charge is -2.17. The van der Waals surface area contributed by atoms with Crippen molar-refractivity contribution in [3.05, 3.63) is 46.5 Å². The number of fused-ring (bicyclic) bond motifs is 2. The predicted molar refractivity (Wildman–Crippen MR) is 74.9 cm³/mol. The van der Waals surface area contributed by atoms with Gasteiger partial charge in [0, 0.05) is 5.41 Å². The van der Waals surface area contributed by atoms with E-state index < -0.39 is 0 Å². The molecular formula is C17H20. The fourth-order valence-corrected chi connectivity index (χ4v) is 2.78. The molecule has 0 saturated carbocycles. The molecule has 0 bridgehead atoms. The Morgan fingerprint density at radius 2 is 1.29 bits per heavy atom. The highest BCUT2D eigenvalue weighted by molar-refractivity contribution is 5.70. The smallest absolute Gasteiger partial charge is 0.00111 e. The molecule has 0 spiro atoms. The van der Waals surface area contributed by atoms with Crippen molar-refractivity contribution in [3.8, 4) is 0 Å². The molecule has 3 rings (SSSR count). The second kappa shape index (κ2) is 3.87. The molecule has 1 aromatic rings. The third-order valence-electron chi connectivity index (χ3n) is 3.93. The Morgan fingerprint density at radius 3 is 1.76 bits per heavy atom. The van der Waals surface area contributed by atoms with E-state index in [9.17, 15) is 0 Å². The van der Waals surface area contributed by atoms with Gasteiger partial charge in [-0.2, -0.15) is 0 Å². The highest BCUT2D eigenvalue weighted by Crippen LogP contribution is 2.31. The summed E-state index contributed by atoms with van der Waals surface area (Å²) in [5, 5.41) is 0. The van der Waals surface area contributed by atoms with Crippen molar-refractivity contribution in [3.63, 3.8) is 0 Å². The first-order valence-electron chi connectivity index (χ1n) is 6.68. The van der Waals surface area contributed by atoms with Crippen molar-refractivity contribution in [2.24, 2.45) is 5.41 Å². The van der Waals surface area contributed by atoms with Crippen LogP contribution in [0.4, 0.5) is 0 Å². The number of allylic oxidation sites excluding steroid dienone is 2. The molecule has 2 aliphatic carbocycles. The van der Waals surface area contributed by atoms with Crippen molar-refractivity contribution in [1.29, 1.82) is 0 Å². The van der Waals surface area contributed by atoms with Gasteiger partial charge in [0.15, 0.2) is 0 Å². The Morgan fingerprint density at radius 1 is 0.824 bits per heavy atom. The zero-order chi connectivity index (χ0) is 11.9. The van der Waals surface area contributed by atoms with E-state index in [2.05, 4.69) is 50.3 Å². The highest BCUT2D eigenvalue weighted by atomic mass is 14.2. The van der Waals surface area contributed by atoms with Gasteiger partial charge in [-0.3, -0.25) is 0 Å². The maximum absolute atomic E-state index is 2.41. The van der Waals surface area contributed by atoms with Crippen LogP contribution in [0.5, 0.6) is 0 Å². The van der Waals surface area contributed by atoms with Crippen LogP contribution in [-0.2, 0) is 12.8 Å². The summed E-state index contributed by atoms with van der Waals surface area (Å²) < 4.78 is 0. The second-order valence-electron chi connectivity index (χ2n) is 5.94. The van der Waals surface area contributed by atoms with Crippen molar-refractivity contribution in [1.82, 2.24) is 0 Å². The minimum Gasteiger partial charge on any atom is -0.0745 e. The van der Waals surface area contributed by atoms with Gasteiger partial charge in [0.05, 0.1) is 0 Å². The molecule has 1 aromatic carbocycles. The third-order valence-corrected chi connectivity index (χ3v) is 3.93. The summed E-state index contributed by atoms with van der Waals surface area (Å²) in [6.07, 6.45) is 14.5. The summed E-state index contributed by atoms with van der Waals surface area (Å²) in [4.78, 5) is 0. The molecule has 0 saturated heterocycles. The molecule has 0 aromatic heterocycles. The summed E-state index contributed by atoms with van der Waals surface area (Å²) in [5.41, 5.74) is 6.12. The average Bonchev–Trinajstić information content (AvgIpc) is 2.47. The Bertz CT molecular complexity index is 456. The lowest BCUT2D eigenvalue weighted by molar-refractivity contribution is 0.633. The molecule has 2 aliphatic rings. The fraction of sp³-hybridized carbons (Fsp3) is 0.412. The van der Waals surface area contributed by atoms with Crippen LogP contribution in [0.15, 0.2) is 24.3 Å². The number of rotatable bonds is 0. The van der Waals surface area contributed by atoms with Crippen LogP contribution in [0.1, 0.15) is 48.9 Å². The van der Waals surface area contributed by atoms with Gasteiger partial charge in [0.1, 0.15) is 0 Å². The number of hydrogen-bond acceptors (Lipinski definition) is 0. The largest absolute Gasteiger partial charge is 0.0745 e.